The Morgan fingerprint density at radius 2 is 2.23 bits per heavy atom. The first-order valence-corrected chi connectivity index (χ1v) is 4.94. The van der Waals surface area contributed by atoms with Crippen LogP contribution >= 0.6 is 11.3 Å². The second-order valence-corrected chi connectivity index (χ2v) is 4.10. The lowest BCUT2D eigenvalue weighted by Crippen LogP contribution is -2.15. The first kappa shape index (κ1) is 12.7. The Kier molecular flexibility index (Phi) is 6.04. The fraction of sp³-hybridized carbons (Fsp3) is 0.556. The van der Waals surface area contributed by atoms with Crippen LogP contribution in [0, 0.1) is 0 Å². The van der Waals surface area contributed by atoms with E-state index in [4.69, 9.17) is 0 Å². The van der Waals surface area contributed by atoms with Crippen molar-refractivity contribution in [3.8, 4) is 0 Å². The van der Waals surface area contributed by atoms with Gasteiger partial charge in [-0.05, 0) is 32.0 Å². The van der Waals surface area contributed by atoms with Gasteiger partial charge >= 0.3 is 0 Å². The Hall–Kier alpha value is -0.315. The van der Waals surface area contributed by atoms with Gasteiger partial charge in [0, 0.05) is 11.4 Å². The molecule has 1 N–H and O–H groups in total. The Morgan fingerprint density at radius 3 is 2.69 bits per heavy atom. The average Bonchev–Trinajstić information content (AvgIpc) is 2.51. The first-order chi connectivity index (χ1) is 5.70. The molecule has 0 saturated carbocycles. The third-order valence-electron chi connectivity index (χ3n) is 1.72. The fourth-order valence-electron chi connectivity index (χ4n) is 1.00. The van der Waals surface area contributed by atoms with Crippen molar-refractivity contribution in [2.75, 3.05) is 20.6 Å². The molecule has 0 aromatic carbocycles. The van der Waals surface area contributed by atoms with E-state index in [2.05, 4.69) is 4.90 Å². The fourth-order valence-corrected chi connectivity index (χ4v) is 1.75. The number of rotatable bonds is 4. The largest absolute Gasteiger partial charge is 0.388 e. The van der Waals surface area contributed by atoms with Gasteiger partial charge in [-0.3, -0.25) is 0 Å². The van der Waals surface area contributed by atoms with E-state index >= 15 is 0 Å². The minimum absolute atomic E-state index is 0. The van der Waals surface area contributed by atoms with Crippen LogP contribution in [0.5, 0.6) is 0 Å². The van der Waals surface area contributed by atoms with Crippen molar-refractivity contribution in [1.82, 2.24) is 4.90 Å². The Balaban J connectivity index is 0.00000144. The van der Waals surface area contributed by atoms with E-state index in [0.29, 0.717) is 0 Å². The molecule has 4 heteroatoms. The predicted octanol–water partition coefficient (Wildman–Crippen LogP) is 0.549. The Labute approximate surface area is 85.8 Å². The van der Waals surface area contributed by atoms with Crippen LogP contribution in [-0.4, -0.2) is 39.1 Å². The maximum atomic E-state index is 9.64. The third-order valence-corrected chi connectivity index (χ3v) is 2.69. The van der Waals surface area contributed by atoms with Gasteiger partial charge in [-0.25, -0.2) is 0 Å². The molecule has 0 amide bonds. The highest BCUT2D eigenvalue weighted by atomic mass is 32.1. The molecule has 0 radical (unpaired) electrons. The van der Waals surface area contributed by atoms with Crippen LogP contribution in [0.3, 0.4) is 0 Å². The number of aliphatic hydroxyl groups is 1. The highest BCUT2D eigenvalue weighted by Crippen LogP contribution is 2.21. The van der Waals surface area contributed by atoms with Gasteiger partial charge in [0.05, 0.1) is 14.5 Å². The Morgan fingerprint density at radius 1 is 1.54 bits per heavy atom. The topological polar surface area (TPSA) is 23.5 Å². The normalized spacial score (nSPS) is 12.6. The molecule has 74 valence electrons. The van der Waals surface area contributed by atoms with Crippen LogP contribution in [0.1, 0.15) is 17.4 Å². The van der Waals surface area contributed by atoms with E-state index < -0.39 is 0 Å². The van der Waals surface area contributed by atoms with Crippen LogP contribution in [-0.2, 0) is 0 Å². The lowest BCUT2D eigenvalue weighted by Gasteiger charge is -2.12. The zero-order chi connectivity index (χ0) is 8.97. The van der Waals surface area contributed by atoms with Crippen molar-refractivity contribution in [3.05, 3.63) is 22.4 Å². The number of thiophene rings is 1. The summed E-state index contributed by atoms with van der Waals surface area (Å²) in [7, 11) is 4.03. The summed E-state index contributed by atoms with van der Waals surface area (Å²) in [4.78, 5) is 3.15. The van der Waals surface area contributed by atoms with Gasteiger partial charge in [-0.15, -0.1) is 11.3 Å². The van der Waals surface area contributed by atoms with Crippen molar-refractivity contribution in [1.29, 1.82) is 0 Å². The second kappa shape index (κ2) is 6.19. The van der Waals surface area contributed by atoms with Gasteiger partial charge in [0.15, 0.2) is 0 Å². The molecule has 13 heavy (non-hydrogen) atoms. The van der Waals surface area contributed by atoms with Gasteiger partial charge in [-0.2, -0.15) is 0 Å². The lowest BCUT2D eigenvalue weighted by atomic mass is 10.2. The summed E-state index contributed by atoms with van der Waals surface area (Å²) < 4.78 is 0. The molecule has 0 bridgehead atoms. The molecule has 0 fully saturated rings. The molecule has 0 unspecified atom stereocenters. The van der Waals surface area contributed by atoms with E-state index in [0.717, 1.165) is 17.8 Å². The third kappa shape index (κ3) is 4.46. The van der Waals surface area contributed by atoms with Gasteiger partial charge in [0.2, 0.25) is 0 Å². The van der Waals surface area contributed by atoms with E-state index in [-0.39, 0.29) is 14.5 Å². The van der Waals surface area contributed by atoms with E-state index in [1.54, 1.807) is 11.3 Å². The molecule has 0 saturated heterocycles. The summed E-state index contributed by atoms with van der Waals surface area (Å²) in [5.41, 5.74) is 0. The van der Waals surface area contributed by atoms with Crippen molar-refractivity contribution in [2.24, 2.45) is 0 Å². The standard InChI is InChI=1S/C9H15NOS.BH3/c1-10(2)6-5-8(11)9-4-3-7-12-9;/h3-4,7-8,11H,5-6H2,1-2H3;1H3/t8-;/m1./s1. The molecule has 1 atom stereocenters. The number of hydrogen-bond donors (Lipinski definition) is 1. The highest BCUT2D eigenvalue weighted by Gasteiger charge is 2.07. The summed E-state index contributed by atoms with van der Waals surface area (Å²) in [6, 6.07) is 3.95. The first-order valence-electron chi connectivity index (χ1n) is 4.06. The van der Waals surface area contributed by atoms with Crippen molar-refractivity contribution >= 4 is 19.7 Å². The van der Waals surface area contributed by atoms with Crippen LogP contribution in [0.25, 0.3) is 0 Å². The molecule has 1 rings (SSSR count). The second-order valence-electron chi connectivity index (χ2n) is 3.12. The van der Waals surface area contributed by atoms with Crippen LogP contribution in [0.4, 0.5) is 0 Å². The van der Waals surface area contributed by atoms with Crippen LogP contribution in [0.2, 0.25) is 0 Å². The monoisotopic (exact) mass is 199 g/mol. The smallest absolute Gasteiger partial charge is 0.0894 e. The van der Waals surface area contributed by atoms with Gasteiger partial charge in [0.25, 0.3) is 0 Å². The molecule has 1 aromatic rings. The van der Waals surface area contributed by atoms with Gasteiger partial charge in [0.1, 0.15) is 0 Å². The molecule has 2 nitrogen and oxygen atoms in total. The number of aliphatic hydroxyl groups excluding tert-OH is 1. The molecule has 0 aliphatic heterocycles. The molecule has 1 aromatic heterocycles. The van der Waals surface area contributed by atoms with Crippen LogP contribution < -0.4 is 0 Å². The van der Waals surface area contributed by atoms with Gasteiger partial charge in [-0.1, -0.05) is 6.07 Å². The summed E-state index contributed by atoms with van der Waals surface area (Å²) in [5.74, 6) is 0. The van der Waals surface area contributed by atoms with Gasteiger partial charge < -0.3 is 10.0 Å². The molecule has 0 aliphatic rings. The maximum Gasteiger partial charge on any atom is 0.0894 e. The molecular formula is C9H18BNOS. The van der Waals surface area contributed by atoms with E-state index in [1.807, 2.05) is 31.6 Å². The summed E-state index contributed by atoms with van der Waals surface area (Å²) in [5, 5.41) is 11.6. The highest BCUT2D eigenvalue weighted by molar-refractivity contribution is 7.10. The van der Waals surface area contributed by atoms with Crippen LogP contribution in [0.15, 0.2) is 17.5 Å². The predicted molar refractivity (Wildman–Crippen MR) is 62.4 cm³/mol. The minimum atomic E-state index is -0.285. The zero-order valence-corrected chi connectivity index (χ0v) is 8.34. The summed E-state index contributed by atoms with van der Waals surface area (Å²) in [6.07, 6.45) is 0.528. The van der Waals surface area contributed by atoms with Crippen molar-refractivity contribution in [3.63, 3.8) is 0 Å². The summed E-state index contributed by atoms with van der Waals surface area (Å²) in [6.45, 7) is 0.930. The lowest BCUT2D eigenvalue weighted by molar-refractivity contribution is 0.158. The molecule has 0 aliphatic carbocycles. The van der Waals surface area contributed by atoms with E-state index in [1.165, 1.54) is 0 Å². The van der Waals surface area contributed by atoms with Crippen molar-refractivity contribution in [2.45, 2.75) is 12.5 Å². The zero-order valence-electron chi connectivity index (χ0n) is 7.53. The summed E-state index contributed by atoms with van der Waals surface area (Å²) >= 11 is 1.61. The minimum Gasteiger partial charge on any atom is -0.388 e. The van der Waals surface area contributed by atoms with E-state index in [9.17, 15) is 5.11 Å². The quantitative estimate of drug-likeness (QED) is 0.716. The molecule has 1 heterocycles. The SMILES string of the molecule is B.CN(C)CC[C@@H](O)c1cccs1. The molecular weight excluding hydrogens is 181 g/mol. The Bertz CT molecular complexity index is 213. The van der Waals surface area contributed by atoms with Crippen molar-refractivity contribution < 1.29 is 5.11 Å². The maximum absolute atomic E-state index is 9.64. The number of hydrogen-bond acceptors (Lipinski definition) is 3. The molecule has 0 spiro atoms. The average molecular weight is 199 g/mol. The number of nitrogens with zero attached hydrogens (tertiary/aromatic N) is 1.